The number of nitrogens with zero attached hydrogens (tertiary/aromatic N) is 1. The molecule has 0 aromatic carbocycles. The molecule has 0 rings (SSSR count). The van der Waals surface area contributed by atoms with Gasteiger partial charge in [0.05, 0.1) is 0 Å². The molecule has 0 bridgehead atoms. The summed E-state index contributed by atoms with van der Waals surface area (Å²) in [5, 5.41) is 9.96. The van der Waals surface area contributed by atoms with Gasteiger partial charge < -0.3 is 5.11 Å². The van der Waals surface area contributed by atoms with Crippen molar-refractivity contribution in [3.63, 3.8) is 0 Å². The van der Waals surface area contributed by atoms with Gasteiger partial charge in [-0.3, -0.25) is 4.99 Å². The van der Waals surface area contributed by atoms with Crippen molar-refractivity contribution in [1.29, 1.82) is 0 Å². The first-order valence-corrected chi connectivity index (χ1v) is 4.27. The molecule has 0 saturated heterocycles. The summed E-state index contributed by atoms with van der Waals surface area (Å²) in [6.45, 7) is 5.95. The molecular formula is C9H19GdNO. The fraction of sp³-hybridized carbons (Fsp3) is 0.889. The van der Waals surface area contributed by atoms with Gasteiger partial charge in [0.15, 0.2) is 0 Å². The van der Waals surface area contributed by atoms with Crippen LogP contribution in [0.5, 0.6) is 0 Å². The predicted molar refractivity (Wildman–Crippen MR) is 49.2 cm³/mol. The molecule has 0 aliphatic heterocycles. The molecule has 0 fully saturated rings. The van der Waals surface area contributed by atoms with Crippen LogP contribution in [0.25, 0.3) is 0 Å². The first-order valence-electron chi connectivity index (χ1n) is 4.27. The Labute approximate surface area is 108 Å². The van der Waals surface area contributed by atoms with E-state index in [-0.39, 0.29) is 39.9 Å². The van der Waals surface area contributed by atoms with Crippen molar-refractivity contribution in [2.45, 2.75) is 45.6 Å². The molecule has 0 aromatic heterocycles. The molecule has 0 heterocycles. The number of aliphatic imine (C=N–C) groups is 1. The second-order valence-corrected chi connectivity index (χ2v) is 2.94. The Morgan fingerprint density at radius 1 is 1.42 bits per heavy atom. The molecule has 2 nitrogen and oxygen atoms in total. The Hall–Kier alpha value is 0.955. The molecule has 0 aromatic rings. The van der Waals surface area contributed by atoms with Crippen LogP contribution in [-0.4, -0.2) is 23.5 Å². The second-order valence-electron chi connectivity index (χ2n) is 2.94. The maximum atomic E-state index is 9.96. The van der Waals surface area contributed by atoms with Crippen molar-refractivity contribution >= 4 is 5.71 Å². The Bertz CT molecular complexity index is 147. The minimum absolute atomic E-state index is 0. The predicted octanol–water partition coefficient (Wildman–Crippen LogP) is 2.02. The van der Waals surface area contributed by atoms with Crippen LogP contribution >= 0.6 is 0 Å². The Balaban J connectivity index is 0. The SMILES string of the molecule is CCCC(O)(CC)C(C)=NC.[Gd]. The summed E-state index contributed by atoms with van der Waals surface area (Å²) in [6, 6.07) is 0. The van der Waals surface area contributed by atoms with E-state index in [2.05, 4.69) is 11.9 Å². The third-order valence-electron chi connectivity index (χ3n) is 2.26. The molecule has 12 heavy (non-hydrogen) atoms. The van der Waals surface area contributed by atoms with Crippen molar-refractivity contribution in [2.75, 3.05) is 7.05 Å². The van der Waals surface area contributed by atoms with Crippen LogP contribution in [0.2, 0.25) is 0 Å². The molecule has 3 heteroatoms. The summed E-state index contributed by atoms with van der Waals surface area (Å²) < 4.78 is 0. The minimum Gasteiger partial charge on any atom is -0.384 e. The molecule has 0 aliphatic rings. The smallest absolute Gasteiger partial charge is 0.102 e. The number of rotatable bonds is 4. The third-order valence-corrected chi connectivity index (χ3v) is 2.26. The normalized spacial score (nSPS) is 16.6. The van der Waals surface area contributed by atoms with Gasteiger partial charge in [0.1, 0.15) is 5.60 Å². The molecule has 0 radical (unpaired) electrons. The average Bonchev–Trinajstić information content (AvgIpc) is 2.03. The van der Waals surface area contributed by atoms with Gasteiger partial charge in [0, 0.05) is 52.7 Å². The fourth-order valence-electron chi connectivity index (χ4n) is 1.24. The van der Waals surface area contributed by atoms with Crippen molar-refractivity contribution in [2.24, 2.45) is 4.99 Å². The standard InChI is InChI=1S/C9H19NO.Gd/c1-5-7-9(11,6-2)8(3)10-4;/h11H,5-7H2,1-4H3;. The van der Waals surface area contributed by atoms with Crippen molar-refractivity contribution in [3.05, 3.63) is 0 Å². The van der Waals surface area contributed by atoms with Crippen molar-refractivity contribution in [1.82, 2.24) is 0 Å². The van der Waals surface area contributed by atoms with Gasteiger partial charge in [-0.15, -0.1) is 0 Å². The van der Waals surface area contributed by atoms with Gasteiger partial charge in [-0.2, -0.15) is 0 Å². The van der Waals surface area contributed by atoms with E-state index in [4.69, 9.17) is 0 Å². The summed E-state index contributed by atoms with van der Waals surface area (Å²) in [5.41, 5.74) is 0.200. The van der Waals surface area contributed by atoms with Crippen LogP contribution in [0.4, 0.5) is 0 Å². The summed E-state index contributed by atoms with van der Waals surface area (Å²) in [7, 11) is 1.73. The van der Waals surface area contributed by atoms with Crippen molar-refractivity contribution < 1.29 is 45.0 Å². The van der Waals surface area contributed by atoms with Gasteiger partial charge in [0.2, 0.25) is 0 Å². The number of aliphatic hydroxyl groups is 1. The van der Waals surface area contributed by atoms with Gasteiger partial charge >= 0.3 is 0 Å². The van der Waals surface area contributed by atoms with E-state index in [0.717, 1.165) is 25.0 Å². The van der Waals surface area contributed by atoms with Gasteiger partial charge in [-0.1, -0.05) is 20.3 Å². The zero-order valence-electron chi connectivity index (χ0n) is 8.37. The molecule has 0 amide bonds. The third kappa shape index (κ3) is 4.26. The zero-order valence-corrected chi connectivity index (χ0v) is 10.6. The summed E-state index contributed by atoms with van der Waals surface area (Å²) in [6.07, 6.45) is 2.56. The van der Waals surface area contributed by atoms with Gasteiger partial charge in [0.25, 0.3) is 0 Å². The summed E-state index contributed by atoms with van der Waals surface area (Å²) in [4.78, 5) is 4.02. The van der Waals surface area contributed by atoms with E-state index in [1.165, 1.54) is 0 Å². The van der Waals surface area contributed by atoms with Crippen LogP contribution in [-0.2, 0) is 0 Å². The zero-order chi connectivity index (χ0) is 8.91. The van der Waals surface area contributed by atoms with Crippen LogP contribution in [0.15, 0.2) is 4.99 Å². The van der Waals surface area contributed by atoms with E-state index in [0.29, 0.717) is 0 Å². The largest absolute Gasteiger partial charge is 0.384 e. The number of hydrogen-bond donors (Lipinski definition) is 1. The van der Waals surface area contributed by atoms with E-state index >= 15 is 0 Å². The van der Waals surface area contributed by atoms with Gasteiger partial charge in [-0.05, 0) is 19.8 Å². The van der Waals surface area contributed by atoms with Crippen LogP contribution in [0.3, 0.4) is 0 Å². The second kappa shape index (κ2) is 7.37. The van der Waals surface area contributed by atoms with E-state index < -0.39 is 5.60 Å². The summed E-state index contributed by atoms with van der Waals surface area (Å²) in [5.74, 6) is 0. The minimum atomic E-state index is -0.649. The van der Waals surface area contributed by atoms with Crippen LogP contribution in [0, 0.1) is 39.9 Å². The Kier molecular flexibility index (Phi) is 9.47. The van der Waals surface area contributed by atoms with Gasteiger partial charge in [-0.25, -0.2) is 0 Å². The molecule has 0 spiro atoms. The molecule has 74 valence electrons. The van der Waals surface area contributed by atoms with E-state index in [1.807, 2.05) is 13.8 Å². The van der Waals surface area contributed by atoms with Crippen LogP contribution < -0.4 is 0 Å². The monoisotopic (exact) mass is 315 g/mol. The first kappa shape index (κ1) is 15.4. The molecule has 1 atom stereocenters. The Morgan fingerprint density at radius 2 is 1.92 bits per heavy atom. The van der Waals surface area contributed by atoms with Crippen molar-refractivity contribution in [3.8, 4) is 0 Å². The topological polar surface area (TPSA) is 32.6 Å². The molecule has 0 saturated carbocycles. The summed E-state index contributed by atoms with van der Waals surface area (Å²) >= 11 is 0. The molecule has 1 N–H and O–H groups in total. The number of hydrogen-bond acceptors (Lipinski definition) is 2. The fourth-order valence-corrected chi connectivity index (χ4v) is 1.24. The molecule has 1 unspecified atom stereocenters. The maximum absolute atomic E-state index is 9.96. The van der Waals surface area contributed by atoms with Crippen LogP contribution in [0.1, 0.15) is 40.0 Å². The average molecular weight is 315 g/mol. The maximum Gasteiger partial charge on any atom is 0.102 e. The Morgan fingerprint density at radius 3 is 2.17 bits per heavy atom. The molecular weight excluding hydrogens is 295 g/mol. The van der Waals surface area contributed by atoms with E-state index in [9.17, 15) is 5.11 Å². The quantitative estimate of drug-likeness (QED) is 0.791. The molecule has 0 aliphatic carbocycles. The first-order chi connectivity index (χ1) is 5.10. The van der Waals surface area contributed by atoms with E-state index in [1.54, 1.807) is 7.05 Å².